The fourth-order valence-electron chi connectivity index (χ4n) is 1.63. The van der Waals surface area contributed by atoms with Gasteiger partial charge >= 0.3 is 0 Å². The summed E-state index contributed by atoms with van der Waals surface area (Å²) in [5.74, 6) is 0. The van der Waals surface area contributed by atoms with Gasteiger partial charge < -0.3 is 4.74 Å². The molecule has 0 spiro atoms. The minimum absolute atomic E-state index is 0.0861. The minimum atomic E-state index is -0.0861. The highest BCUT2D eigenvalue weighted by Gasteiger charge is 2.05. The molecule has 90 valence electrons. The molecule has 0 aliphatic heterocycles. The van der Waals surface area contributed by atoms with Crippen LogP contribution in [0.1, 0.15) is 11.3 Å². The van der Waals surface area contributed by atoms with E-state index in [0.29, 0.717) is 18.2 Å². The summed E-state index contributed by atoms with van der Waals surface area (Å²) in [5.41, 5.74) is 1.57. The fourth-order valence-corrected chi connectivity index (χ4v) is 1.83. The number of H-pyrrole nitrogens is 1. The molecule has 1 N–H and O–H groups in total. The number of aromatic amines is 1. The van der Waals surface area contributed by atoms with Gasteiger partial charge in [-0.1, -0.05) is 29.8 Å². The van der Waals surface area contributed by atoms with E-state index in [2.05, 4.69) is 5.10 Å². The van der Waals surface area contributed by atoms with Crippen LogP contribution < -0.4 is 5.56 Å². The highest BCUT2D eigenvalue weighted by atomic mass is 35.5. The molecule has 0 aliphatic carbocycles. The van der Waals surface area contributed by atoms with Crippen LogP contribution in [0.4, 0.5) is 0 Å². The number of rotatable bonds is 4. The van der Waals surface area contributed by atoms with Gasteiger partial charge in [-0.3, -0.25) is 9.89 Å². The predicted octanol–water partition coefficient (Wildman–Crippen LogP) is 2.02. The molecule has 0 saturated carbocycles. The molecule has 17 heavy (non-hydrogen) atoms. The van der Waals surface area contributed by atoms with E-state index < -0.39 is 0 Å². The highest BCUT2D eigenvalue weighted by molar-refractivity contribution is 6.31. The van der Waals surface area contributed by atoms with E-state index in [0.717, 1.165) is 11.3 Å². The number of ether oxygens (including phenoxy) is 1. The third-order valence-electron chi connectivity index (χ3n) is 2.43. The van der Waals surface area contributed by atoms with E-state index in [9.17, 15) is 4.79 Å². The molecule has 2 aromatic rings. The first-order chi connectivity index (χ1) is 8.20. The molecule has 1 heterocycles. The van der Waals surface area contributed by atoms with Crippen molar-refractivity contribution >= 4 is 11.6 Å². The molecule has 1 aromatic carbocycles. The van der Waals surface area contributed by atoms with E-state index in [1.165, 1.54) is 10.7 Å². The Hall–Kier alpha value is -1.52. The Morgan fingerprint density at radius 2 is 2.18 bits per heavy atom. The van der Waals surface area contributed by atoms with Gasteiger partial charge in [0.15, 0.2) is 0 Å². The van der Waals surface area contributed by atoms with Crippen molar-refractivity contribution in [2.75, 3.05) is 7.11 Å². The maximum absolute atomic E-state index is 11.7. The van der Waals surface area contributed by atoms with Crippen LogP contribution >= 0.6 is 11.6 Å². The monoisotopic (exact) mass is 252 g/mol. The van der Waals surface area contributed by atoms with E-state index in [1.807, 2.05) is 18.2 Å². The van der Waals surface area contributed by atoms with Crippen molar-refractivity contribution in [3.63, 3.8) is 0 Å². The normalized spacial score (nSPS) is 10.7. The Kier molecular flexibility index (Phi) is 3.66. The SMILES string of the molecule is COCc1cc(=O)n(Cc2ccccc2Cl)[nH]1. The molecule has 0 amide bonds. The average Bonchev–Trinajstić information content (AvgIpc) is 2.63. The van der Waals surface area contributed by atoms with Crippen molar-refractivity contribution < 1.29 is 4.74 Å². The second-order valence-electron chi connectivity index (χ2n) is 3.73. The van der Waals surface area contributed by atoms with E-state index >= 15 is 0 Å². The largest absolute Gasteiger partial charge is 0.378 e. The van der Waals surface area contributed by atoms with Crippen molar-refractivity contribution in [3.8, 4) is 0 Å². The molecule has 0 fully saturated rings. The Bertz CT molecular complexity index is 560. The van der Waals surface area contributed by atoms with Crippen molar-refractivity contribution in [1.29, 1.82) is 0 Å². The number of hydrogen-bond acceptors (Lipinski definition) is 2. The zero-order valence-electron chi connectivity index (χ0n) is 9.44. The fraction of sp³-hybridized carbons (Fsp3) is 0.250. The van der Waals surface area contributed by atoms with Gasteiger partial charge in [0.1, 0.15) is 0 Å². The van der Waals surface area contributed by atoms with Gasteiger partial charge in [-0.05, 0) is 11.6 Å². The summed E-state index contributed by atoms with van der Waals surface area (Å²) in [7, 11) is 1.59. The van der Waals surface area contributed by atoms with Gasteiger partial charge in [-0.15, -0.1) is 0 Å². The summed E-state index contributed by atoms with van der Waals surface area (Å²) in [6.45, 7) is 0.826. The lowest BCUT2D eigenvalue weighted by molar-refractivity contribution is 0.181. The van der Waals surface area contributed by atoms with Crippen LogP contribution in [0.3, 0.4) is 0 Å². The lowest BCUT2D eigenvalue weighted by Crippen LogP contribution is -2.16. The quantitative estimate of drug-likeness (QED) is 0.905. The molecule has 5 heteroatoms. The smallest absolute Gasteiger partial charge is 0.267 e. The van der Waals surface area contributed by atoms with Crippen molar-refractivity contribution in [3.05, 3.63) is 57.0 Å². The second-order valence-corrected chi connectivity index (χ2v) is 4.14. The van der Waals surface area contributed by atoms with Gasteiger partial charge in [-0.2, -0.15) is 0 Å². The van der Waals surface area contributed by atoms with Gasteiger partial charge in [-0.25, -0.2) is 4.68 Å². The molecule has 0 atom stereocenters. The zero-order chi connectivity index (χ0) is 12.3. The number of aromatic nitrogens is 2. The van der Waals surface area contributed by atoms with Crippen molar-refractivity contribution in [2.24, 2.45) is 0 Å². The molecule has 0 unspecified atom stereocenters. The van der Waals surface area contributed by atoms with E-state index in [-0.39, 0.29) is 5.56 Å². The van der Waals surface area contributed by atoms with Crippen molar-refractivity contribution in [2.45, 2.75) is 13.2 Å². The maximum atomic E-state index is 11.7. The van der Waals surface area contributed by atoms with E-state index in [1.54, 1.807) is 13.2 Å². The summed E-state index contributed by atoms with van der Waals surface area (Å²) >= 11 is 6.04. The molecular formula is C12H13ClN2O2. The summed E-state index contributed by atoms with van der Waals surface area (Å²) in [4.78, 5) is 11.7. The van der Waals surface area contributed by atoms with Crippen LogP contribution in [0.5, 0.6) is 0 Å². The number of benzene rings is 1. The van der Waals surface area contributed by atoms with Crippen LogP contribution in [0, 0.1) is 0 Å². The first-order valence-electron chi connectivity index (χ1n) is 5.22. The summed E-state index contributed by atoms with van der Waals surface area (Å²) < 4.78 is 6.47. The maximum Gasteiger partial charge on any atom is 0.267 e. The molecule has 4 nitrogen and oxygen atoms in total. The van der Waals surface area contributed by atoms with Gasteiger partial charge in [0, 0.05) is 18.2 Å². The van der Waals surface area contributed by atoms with Crippen molar-refractivity contribution in [1.82, 2.24) is 9.78 Å². The number of halogens is 1. The molecule has 0 saturated heterocycles. The van der Waals surface area contributed by atoms with Crippen LogP contribution in [0.25, 0.3) is 0 Å². The van der Waals surface area contributed by atoms with Crippen LogP contribution in [0.2, 0.25) is 5.02 Å². The number of methoxy groups -OCH3 is 1. The van der Waals surface area contributed by atoms with Crippen LogP contribution in [0.15, 0.2) is 35.1 Å². The summed E-state index contributed by atoms with van der Waals surface area (Å²) in [5, 5.41) is 3.63. The first-order valence-corrected chi connectivity index (χ1v) is 5.59. The highest BCUT2D eigenvalue weighted by Crippen LogP contribution is 2.15. The minimum Gasteiger partial charge on any atom is -0.378 e. The molecule has 0 bridgehead atoms. The summed E-state index contributed by atoms with van der Waals surface area (Å²) in [6.07, 6.45) is 0. The Morgan fingerprint density at radius 3 is 2.88 bits per heavy atom. The molecule has 1 aromatic heterocycles. The lowest BCUT2D eigenvalue weighted by Gasteiger charge is -2.04. The van der Waals surface area contributed by atoms with Crippen LogP contribution in [-0.2, 0) is 17.9 Å². The Labute approximate surface area is 104 Å². The third-order valence-corrected chi connectivity index (χ3v) is 2.80. The Balaban J connectivity index is 2.24. The Morgan fingerprint density at radius 1 is 1.41 bits per heavy atom. The number of nitrogens with zero attached hydrogens (tertiary/aromatic N) is 1. The average molecular weight is 253 g/mol. The third kappa shape index (κ3) is 2.78. The van der Waals surface area contributed by atoms with Crippen LogP contribution in [-0.4, -0.2) is 16.9 Å². The van der Waals surface area contributed by atoms with Gasteiger partial charge in [0.2, 0.25) is 0 Å². The lowest BCUT2D eigenvalue weighted by atomic mass is 10.2. The molecule has 0 radical (unpaired) electrons. The summed E-state index contributed by atoms with van der Waals surface area (Å²) in [6, 6.07) is 8.98. The second kappa shape index (κ2) is 5.21. The molecule has 0 aliphatic rings. The number of hydrogen-bond donors (Lipinski definition) is 1. The molecular weight excluding hydrogens is 240 g/mol. The van der Waals surface area contributed by atoms with E-state index in [4.69, 9.17) is 16.3 Å². The first kappa shape index (κ1) is 12.0. The standard InChI is InChI=1S/C12H13ClN2O2/c1-17-8-10-6-12(16)15(14-10)7-9-4-2-3-5-11(9)13/h2-6,14H,7-8H2,1H3. The zero-order valence-corrected chi connectivity index (χ0v) is 10.2. The predicted molar refractivity (Wildman–Crippen MR) is 66.3 cm³/mol. The van der Waals surface area contributed by atoms with Gasteiger partial charge in [0.05, 0.1) is 18.8 Å². The van der Waals surface area contributed by atoms with Gasteiger partial charge in [0.25, 0.3) is 5.56 Å². The molecule has 2 rings (SSSR count). The topological polar surface area (TPSA) is 47.0 Å². The number of nitrogens with one attached hydrogen (secondary N) is 1.